The fourth-order valence-corrected chi connectivity index (χ4v) is 3.44. The SMILES string of the molecule is COc1cccc(NC(=O)[C@@H]2[C@H](C(=O)O)[C@@H]3C=C[C@H]2C3)c1. The maximum Gasteiger partial charge on any atom is 0.307 e. The van der Waals surface area contributed by atoms with Crippen molar-refractivity contribution in [2.45, 2.75) is 6.42 Å². The number of benzene rings is 1. The Bertz CT molecular complexity index is 610. The number of carboxylic acid groups (broad SMARTS) is 1. The first-order valence-electron chi connectivity index (χ1n) is 6.96. The van der Waals surface area contributed by atoms with Crippen LogP contribution in [0, 0.1) is 23.7 Å². The lowest BCUT2D eigenvalue weighted by molar-refractivity contribution is -0.146. The second kappa shape index (κ2) is 5.24. The highest BCUT2D eigenvalue weighted by molar-refractivity contribution is 5.96. The van der Waals surface area contributed by atoms with Crippen LogP contribution in [0.3, 0.4) is 0 Å². The van der Waals surface area contributed by atoms with Crippen LogP contribution in [0.25, 0.3) is 0 Å². The molecule has 2 aliphatic rings. The minimum atomic E-state index is -0.891. The third-order valence-corrected chi connectivity index (χ3v) is 4.38. The molecule has 0 spiro atoms. The third-order valence-electron chi connectivity index (χ3n) is 4.38. The molecule has 2 N–H and O–H groups in total. The summed E-state index contributed by atoms with van der Waals surface area (Å²) in [5.74, 6) is -1.58. The second-order valence-corrected chi connectivity index (χ2v) is 5.56. The van der Waals surface area contributed by atoms with Gasteiger partial charge in [0.2, 0.25) is 5.91 Å². The van der Waals surface area contributed by atoms with Crippen LogP contribution in [0.15, 0.2) is 36.4 Å². The molecule has 21 heavy (non-hydrogen) atoms. The molecule has 1 aromatic rings. The Morgan fingerprint density at radius 1 is 1.24 bits per heavy atom. The molecule has 0 aromatic heterocycles. The molecule has 0 saturated heterocycles. The van der Waals surface area contributed by atoms with E-state index in [2.05, 4.69) is 5.32 Å². The van der Waals surface area contributed by atoms with E-state index in [1.54, 1.807) is 31.4 Å². The zero-order chi connectivity index (χ0) is 15.0. The summed E-state index contributed by atoms with van der Waals surface area (Å²) >= 11 is 0. The quantitative estimate of drug-likeness (QED) is 0.832. The van der Waals surface area contributed by atoms with Gasteiger partial charge in [0.05, 0.1) is 18.9 Å². The van der Waals surface area contributed by atoms with E-state index in [4.69, 9.17) is 4.74 Å². The summed E-state index contributed by atoms with van der Waals surface area (Å²) in [6.45, 7) is 0. The lowest BCUT2D eigenvalue weighted by Crippen LogP contribution is -2.36. The smallest absolute Gasteiger partial charge is 0.307 e. The van der Waals surface area contributed by atoms with Gasteiger partial charge >= 0.3 is 5.97 Å². The average molecular weight is 287 g/mol. The number of allylic oxidation sites excluding steroid dienone is 2. The third kappa shape index (κ3) is 2.39. The molecule has 2 aliphatic carbocycles. The molecular formula is C16H17NO4. The van der Waals surface area contributed by atoms with Crippen LogP contribution in [0.2, 0.25) is 0 Å². The Balaban J connectivity index is 1.78. The van der Waals surface area contributed by atoms with E-state index in [0.29, 0.717) is 11.4 Å². The lowest BCUT2D eigenvalue weighted by Gasteiger charge is -2.23. The van der Waals surface area contributed by atoms with Gasteiger partial charge in [-0.25, -0.2) is 0 Å². The molecule has 5 nitrogen and oxygen atoms in total. The number of methoxy groups -OCH3 is 1. The summed E-state index contributed by atoms with van der Waals surface area (Å²) in [6.07, 6.45) is 4.66. The van der Waals surface area contributed by atoms with E-state index in [1.165, 1.54) is 0 Å². The van der Waals surface area contributed by atoms with Crippen molar-refractivity contribution < 1.29 is 19.4 Å². The van der Waals surface area contributed by atoms with Gasteiger partial charge in [-0.2, -0.15) is 0 Å². The van der Waals surface area contributed by atoms with Crippen LogP contribution >= 0.6 is 0 Å². The van der Waals surface area contributed by atoms with Crippen molar-refractivity contribution in [3.8, 4) is 5.75 Å². The topological polar surface area (TPSA) is 75.6 Å². The highest BCUT2D eigenvalue weighted by atomic mass is 16.5. The molecule has 1 amide bonds. The van der Waals surface area contributed by atoms with E-state index >= 15 is 0 Å². The molecule has 2 bridgehead atoms. The molecule has 5 heteroatoms. The van der Waals surface area contributed by atoms with E-state index in [9.17, 15) is 14.7 Å². The molecule has 110 valence electrons. The number of carbonyl (C=O) groups is 2. The fraction of sp³-hybridized carbons (Fsp3) is 0.375. The Morgan fingerprint density at radius 3 is 2.62 bits per heavy atom. The zero-order valence-corrected chi connectivity index (χ0v) is 11.7. The molecule has 0 radical (unpaired) electrons. The van der Waals surface area contributed by atoms with E-state index in [-0.39, 0.29) is 17.7 Å². The first-order valence-corrected chi connectivity index (χ1v) is 6.96. The van der Waals surface area contributed by atoms with Gasteiger partial charge in [0.1, 0.15) is 5.75 Å². The number of anilines is 1. The van der Waals surface area contributed by atoms with Gasteiger partial charge in [0.25, 0.3) is 0 Å². The van der Waals surface area contributed by atoms with Crippen LogP contribution in [-0.2, 0) is 9.59 Å². The standard InChI is InChI=1S/C16H17NO4/c1-21-12-4-2-3-11(8-12)17-15(18)13-9-5-6-10(7-9)14(13)16(19)20/h2-6,8-10,13-14H,7H2,1H3,(H,17,18)(H,19,20)/t9-,10+,13-,14+/m0/s1. The summed E-state index contributed by atoms with van der Waals surface area (Å²) in [5, 5.41) is 12.2. The molecule has 0 unspecified atom stereocenters. The molecular weight excluding hydrogens is 270 g/mol. The lowest BCUT2D eigenvalue weighted by atomic mass is 9.82. The van der Waals surface area contributed by atoms with Gasteiger partial charge in [-0.3, -0.25) is 9.59 Å². The fourth-order valence-electron chi connectivity index (χ4n) is 3.44. The normalized spacial score (nSPS) is 29.4. The van der Waals surface area contributed by atoms with Gasteiger partial charge in [0, 0.05) is 11.8 Å². The largest absolute Gasteiger partial charge is 0.497 e. The van der Waals surface area contributed by atoms with Crippen molar-refractivity contribution in [2.75, 3.05) is 12.4 Å². The zero-order valence-electron chi connectivity index (χ0n) is 11.7. The molecule has 4 atom stereocenters. The number of ether oxygens (including phenoxy) is 1. The number of hydrogen-bond donors (Lipinski definition) is 2. The van der Waals surface area contributed by atoms with E-state index in [1.807, 2.05) is 12.2 Å². The Kier molecular flexibility index (Phi) is 3.41. The van der Waals surface area contributed by atoms with Crippen LogP contribution < -0.4 is 10.1 Å². The number of rotatable bonds is 4. The van der Waals surface area contributed by atoms with Gasteiger partial charge in [-0.1, -0.05) is 18.2 Å². The van der Waals surface area contributed by atoms with Crippen LogP contribution in [0.5, 0.6) is 5.75 Å². The first kappa shape index (κ1) is 13.7. The van der Waals surface area contributed by atoms with Crippen molar-refractivity contribution in [1.29, 1.82) is 0 Å². The van der Waals surface area contributed by atoms with Crippen molar-refractivity contribution in [2.24, 2.45) is 23.7 Å². The maximum absolute atomic E-state index is 12.5. The minimum absolute atomic E-state index is 0.0199. The molecule has 1 aromatic carbocycles. The number of carbonyl (C=O) groups excluding carboxylic acids is 1. The molecule has 0 heterocycles. The summed E-state index contributed by atoms with van der Waals surface area (Å²) in [7, 11) is 1.56. The van der Waals surface area contributed by atoms with Crippen LogP contribution in [-0.4, -0.2) is 24.1 Å². The van der Waals surface area contributed by atoms with Crippen molar-refractivity contribution >= 4 is 17.6 Å². The number of amides is 1. The summed E-state index contributed by atoms with van der Waals surface area (Å²) in [4.78, 5) is 23.9. The summed E-state index contributed by atoms with van der Waals surface area (Å²) in [5.41, 5.74) is 0.621. The van der Waals surface area contributed by atoms with Crippen molar-refractivity contribution in [1.82, 2.24) is 0 Å². The maximum atomic E-state index is 12.5. The number of carboxylic acids is 1. The molecule has 1 saturated carbocycles. The van der Waals surface area contributed by atoms with Gasteiger partial charge < -0.3 is 15.2 Å². The van der Waals surface area contributed by atoms with Crippen LogP contribution in [0.1, 0.15) is 6.42 Å². The number of aliphatic carboxylic acids is 1. The highest BCUT2D eigenvalue weighted by Crippen LogP contribution is 2.48. The molecule has 0 aliphatic heterocycles. The predicted molar refractivity (Wildman–Crippen MR) is 77.0 cm³/mol. The second-order valence-electron chi connectivity index (χ2n) is 5.56. The van der Waals surface area contributed by atoms with Crippen molar-refractivity contribution in [3.05, 3.63) is 36.4 Å². The highest BCUT2D eigenvalue weighted by Gasteiger charge is 2.51. The Morgan fingerprint density at radius 2 is 1.95 bits per heavy atom. The van der Waals surface area contributed by atoms with E-state index in [0.717, 1.165) is 6.42 Å². The van der Waals surface area contributed by atoms with Crippen molar-refractivity contribution in [3.63, 3.8) is 0 Å². The minimum Gasteiger partial charge on any atom is -0.497 e. The number of hydrogen-bond acceptors (Lipinski definition) is 3. The van der Waals surface area contributed by atoms with Gasteiger partial charge in [-0.15, -0.1) is 0 Å². The summed E-state index contributed by atoms with van der Waals surface area (Å²) in [6, 6.07) is 7.05. The predicted octanol–water partition coefficient (Wildman–Crippen LogP) is 2.16. The Labute approximate surface area is 122 Å². The van der Waals surface area contributed by atoms with Crippen LogP contribution in [0.4, 0.5) is 5.69 Å². The summed E-state index contributed by atoms with van der Waals surface area (Å²) < 4.78 is 5.11. The Hall–Kier alpha value is -2.30. The number of fused-ring (bicyclic) bond motifs is 2. The molecule has 3 rings (SSSR count). The average Bonchev–Trinajstić information content (AvgIpc) is 3.07. The van der Waals surface area contributed by atoms with Gasteiger partial charge in [0.15, 0.2) is 0 Å². The van der Waals surface area contributed by atoms with Gasteiger partial charge in [-0.05, 0) is 30.4 Å². The first-order chi connectivity index (χ1) is 10.1. The molecule has 1 fully saturated rings. The number of nitrogens with one attached hydrogen (secondary N) is 1. The van der Waals surface area contributed by atoms with E-state index < -0.39 is 17.8 Å². The monoisotopic (exact) mass is 287 g/mol.